The van der Waals surface area contributed by atoms with E-state index in [2.05, 4.69) is 5.32 Å². The number of nitrogens with one attached hydrogen (secondary N) is 1. The molecule has 0 unspecified atom stereocenters. The van der Waals surface area contributed by atoms with Gasteiger partial charge in [-0.1, -0.05) is 0 Å². The minimum Gasteiger partial charge on any atom is -0.490 e. The van der Waals surface area contributed by atoms with Gasteiger partial charge >= 0.3 is 0 Å². The molecule has 80 valence electrons. The van der Waals surface area contributed by atoms with Crippen molar-refractivity contribution in [2.24, 2.45) is 0 Å². The van der Waals surface area contributed by atoms with Crippen molar-refractivity contribution in [3.05, 3.63) is 11.8 Å². The molecule has 0 atom stereocenters. The molecule has 0 aromatic heterocycles. The normalized spacial score (nSPS) is 17.2. The molecule has 0 saturated heterocycles. The molecule has 0 saturated carbocycles. The summed E-state index contributed by atoms with van der Waals surface area (Å²) in [4.78, 5) is 11.6. The van der Waals surface area contributed by atoms with Crippen LogP contribution in [0, 0.1) is 0 Å². The van der Waals surface area contributed by atoms with Gasteiger partial charge in [0.05, 0.1) is 13.2 Å². The van der Waals surface area contributed by atoms with Crippen molar-refractivity contribution in [2.45, 2.75) is 39.2 Å². The van der Waals surface area contributed by atoms with Crippen LogP contribution in [-0.4, -0.2) is 24.5 Å². The zero-order chi connectivity index (χ0) is 10.6. The molecule has 0 fully saturated rings. The standard InChI is InChI=1S/C11H19NO2/c1-11(2,3)12-8-9(13)10-6-4-5-7-14-10/h6,12H,4-5,7-8H2,1-3H3. The Balaban J connectivity index is 2.38. The first-order valence-corrected chi connectivity index (χ1v) is 5.10. The summed E-state index contributed by atoms with van der Waals surface area (Å²) in [6, 6.07) is 0. The number of ether oxygens (including phenoxy) is 1. The number of rotatable bonds is 3. The number of hydrogen-bond acceptors (Lipinski definition) is 3. The Kier molecular flexibility index (Phi) is 3.69. The Bertz CT molecular complexity index is 238. The molecule has 0 bridgehead atoms. The number of ketones is 1. The summed E-state index contributed by atoms with van der Waals surface area (Å²) in [6.07, 6.45) is 3.86. The van der Waals surface area contributed by atoms with Gasteiger partial charge < -0.3 is 10.1 Å². The fourth-order valence-electron chi connectivity index (χ4n) is 1.18. The molecule has 0 amide bonds. The third-order valence-corrected chi connectivity index (χ3v) is 1.99. The Morgan fingerprint density at radius 2 is 2.29 bits per heavy atom. The lowest BCUT2D eigenvalue weighted by Gasteiger charge is -2.21. The molecule has 0 aromatic carbocycles. The predicted octanol–water partition coefficient (Wildman–Crippen LogP) is 1.64. The molecule has 3 heteroatoms. The van der Waals surface area contributed by atoms with Crippen LogP contribution in [0.15, 0.2) is 11.8 Å². The summed E-state index contributed by atoms with van der Waals surface area (Å²) in [5.74, 6) is 0.590. The quantitative estimate of drug-likeness (QED) is 0.747. The van der Waals surface area contributed by atoms with Gasteiger partial charge in [-0.15, -0.1) is 0 Å². The highest BCUT2D eigenvalue weighted by Gasteiger charge is 2.16. The van der Waals surface area contributed by atoms with E-state index in [9.17, 15) is 4.79 Å². The largest absolute Gasteiger partial charge is 0.490 e. The smallest absolute Gasteiger partial charge is 0.210 e. The zero-order valence-electron chi connectivity index (χ0n) is 9.22. The minimum absolute atomic E-state index is 0.0229. The molecular weight excluding hydrogens is 178 g/mol. The second kappa shape index (κ2) is 4.60. The second-order valence-electron chi connectivity index (χ2n) is 4.59. The fourth-order valence-corrected chi connectivity index (χ4v) is 1.18. The van der Waals surface area contributed by atoms with Gasteiger partial charge in [0, 0.05) is 5.54 Å². The summed E-state index contributed by atoms with van der Waals surface area (Å²) in [5.41, 5.74) is -0.0229. The number of carbonyl (C=O) groups is 1. The Morgan fingerprint density at radius 3 is 2.79 bits per heavy atom. The van der Waals surface area contributed by atoms with Crippen LogP contribution in [0.2, 0.25) is 0 Å². The van der Waals surface area contributed by atoms with Crippen LogP contribution in [0.1, 0.15) is 33.6 Å². The van der Waals surface area contributed by atoms with Crippen LogP contribution >= 0.6 is 0 Å². The van der Waals surface area contributed by atoms with Gasteiger partial charge in [-0.05, 0) is 39.7 Å². The molecule has 0 aromatic rings. The van der Waals surface area contributed by atoms with Gasteiger partial charge in [0.2, 0.25) is 5.78 Å². The van der Waals surface area contributed by atoms with Gasteiger partial charge in [-0.2, -0.15) is 0 Å². The highest BCUT2D eigenvalue weighted by molar-refractivity contribution is 5.95. The van der Waals surface area contributed by atoms with Gasteiger partial charge in [0.25, 0.3) is 0 Å². The van der Waals surface area contributed by atoms with E-state index in [4.69, 9.17) is 4.74 Å². The summed E-state index contributed by atoms with van der Waals surface area (Å²) >= 11 is 0. The van der Waals surface area contributed by atoms with Gasteiger partial charge in [0.1, 0.15) is 0 Å². The molecule has 0 aliphatic carbocycles. The molecule has 0 radical (unpaired) electrons. The summed E-state index contributed by atoms with van der Waals surface area (Å²) in [5, 5.41) is 3.15. The molecule has 1 rings (SSSR count). The molecule has 1 aliphatic heterocycles. The number of carbonyl (C=O) groups excluding carboxylic acids is 1. The summed E-state index contributed by atoms with van der Waals surface area (Å²) < 4.78 is 5.28. The first-order chi connectivity index (χ1) is 6.49. The minimum atomic E-state index is -0.0229. The highest BCUT2D eigenvalue weighted by Crippen LogP contribution is 2.10. The van der Waals surface area contributed by atoms with E-state index in [1.165, 1.54) is 0 Å². The summed E-state index contributed by atoms with van der Waals surface area (Å²) in [7, 11) is 0. The van der Waals surface area contributed by atoms with Crippen LogP contribution in [0.5, 0.6) is 0 Å². The van der Waals surface area contributed by atoms with Crippen LogP contribution in [0.25, 0.3) is 0 Å². The van der Waals surface area contributed by atoms with Crippen LogP contribution < -0.4 is 5.32 Å². The van der Waals surface area contributed by atoms with Crippen molar-refractivity contribution in [2.75, 3.05) is 13.2 Å². The van der Waals surface area contributed by atoms with E-state index < -0.39 is 0 Å². The third kappa shape index (κ3) is 3.92. The number of Topliss-reactive ketones (excluding diaryl/α,β-unsaturated/α-hetero) is 1. The van der Waals surface area contributed by atoms with Gasteiger partial charge in [0.15, 0.2) is 5.76 Å². The molecule has 1 heterocycles. The topological polar surface area (TPSA) is 38.3 Å². The molecule has 3 nitrogen and oxygen atoms in total. The fraction of sp³-hybridized carbons (Fsp3) is 0.727. The van der Waals surface area contributed by atoms with Crippen molar-refractivity contribution >= 4 is 5.78 Å². The monoisotopic (exact) mass is 197 g/mol. The van der Waals surface area contributed by atoms with Crippen molar-refractivity contribution in [3.8, 4) is 0 Å². The second-order valence-corrected chi connectivity index (χ2v) is 4.59. The number of allylic oxidation sites excluding steroid dienone is 1. The van der Waals surface area contributed by atoms with Gasteiger partial charge in [-0.3, -0.25) is 4.79 Å². The van der Waals surface area contributed by atoms with E-state index in [1.54, 1.807) is 0 Å². The molecular formula is C11H19NO2. The lowest BCUT2D eigenvalue weighted by Crippen LogP contribution is -2.40. The van der Waals surface area contributed by atoms with Crippen molar-refractivity contribution in [1.29, 1.82) is 0 Å². The predicted molar refractivity (Wildman–Crippen MR) is 56.0 cm³/mol. The van der Waals surface area contributed by atoms with Crippen LogP contribution in [-0.2, 0) is 9.53 Å². The lowest BCUT2D eigenvalue weighted by molar-refractivity contribution is -0.118. The van der Waals surface area contributed by atoms with Crippen molar-refractivity contribution < 1.29 is 9.53 Å². The first kappa shape index (κ1) is 11.2. The van der Waals surface area contributed by atoms with E-state index in [0.717, 1.165) is 12.8 Å². The van der Waals surface area contributed by atoms with E-state index in [0.29, 0.717) is 18.9 Å². The Morgan fingerprint density at radius 1 is 1.57 bits per heavy atom. The van der Waals surface area contributed by atoms with Crippen LogP contribution in [0.3, 0.4) is 0 Å². The Hall–Kier alpha value is -0.830. The average Bonchev–Trinajstić information content (AvgIpc) is 2.14. The summed E-state index contributed by atoms with van der Waals surface area (Å²) in [6.45, 7) is 7.14. The SMILES string of the molecule is CC(C)(C)NCC(=O)C1=CCCCO1. The molecule has 14 heavy (non-hydrogen) atoms. The van der Waals surface area contributed by atoms with E-state index in [1.807, 2.05) is 26.8 Å². The van der Waals surface area contributed by atoms with E-state index in [-0.39, 0.29) is 11.3 Å². The van der Waals surface area contributed by atoms with Crippen molar-refractivity contribution in [3.63, 3.8) is 0 Å². The lowest BCUT2D eigenvalue weighted by atomic mass is 10.1. The maximum absolute atomic E-state index is 11.6. The zero-order valence-corrected chi connectivity index (χ0v) is 9.22. The Labute approximate surface area is 85.5 Å². The molecule has 1 N–H and O–H groups in total. The van der Waals surface area contributed by atoms with Crippen LogP contribution in [0.4, 0.5) is 0 Å². The maximum atomic E-state index is 11.6. The first-order valence-electron chi connectivity index (χ1n) is 5.10. The number of hydrogen-bond donors (Lipinski definition) is 1. The molecule has 0 spiro atoms. The van der Waals surface area contributed by atoms with E-state index >= 15 is 0 Å². The maximum Gasteiger partial charge on any atom is 0.210 e. The van der Waals surface area contributed by atoms with Crippen molar-refractivity contribution in [1.82, 2.24) is 5.32 Å². The van der Waals surface area contributed by atoms with Gasteiger partial charge in [-0.25, -0.2) is 0 Å². The third-order valence-electron chi connectivity index (χ3n) is 1.99. The highest BCUT2D eigenvalue weighted by atomic mass is 16.5. The molecule has 1 aliphatic rings. The average molecular weight is 197 g/mol.